The van der Waals surface area contributed by atoms with E-state index in [2.05, 4.69) is 10.3 Å². The van der Waals surface area contributed by atoms with Crippen molar-refractivity contribution in [2.24, 2.45) is 5.73 Å². The molecule has 1 aromatic carbocycles. The molecule has 0 radical (unpaired) electrons. The van der Waals surface area contributed by atoms with Crippen molar-refractivity contribution in [2.75, 3.05) is 6.61 Å². The molecule has 2 aromatic rings. The van der Waals surface area contributed by atoms with Gasteiger partial charge in [-0.3, -0.25) is 9.78 Å². The molecule has 0 fully saturated rings. The summed E-state index contributed by atoms with van der Waals surface area (Å²) >= 11 is 0. The lowest BCUT2D eigenvalue weighted by Crippen LogP contribution is -2.42. The summed E-state index contributed by atoms with van der Waals surface area (Å²) in [6.07, 6.45) is 1.75. The van der Waals surface area contributed by atoms with Crippen LogP contribution in [0.2, 0.25) is 0 Å². The van der Waals surface area contributed by atoms with Gasteiger partial charge in [0.25, 0.3) is 0 Å². The summed E-state index contributed by atoms with van der Waals surface area (Å²) in [4.78, 5) is 15.7. The zero-order valence-electron chi connectivity index (χ0n) is 11.0. The molecule has 20 heavy (non-hydrogen) atoms. The number of carbonyl (C=O) groups is 1. The van der Waals surface area contributed by atoms with E-state index in [1.165, 1.54) is 0 Å². The van der Waals surface area contributed by atoms with Gasteiger partial charge in [-0.15, -0.1) is 0 Å². The number of benzene rings is 1. The van der Waals surface area contributed by atoms with Gasteiger partial charge in [-0.1, -0.05) is 30.3 Å². The third-order valence-electron chi connectivity index (χ3n) is 2.91. The topological polar surface area (TPSA) is 88.2 Å². The summed E-state index contributed by atoms with van der Waals surface area (Å²) in [5.74, 6) is -0.360. The van der Waals surface area contributed by atoms with Crippen LogP contribution in [0.3, 0.4) is 0 Å². The highest BCUT2D eigenvalue weighted by molar-refractivity contribution is 5.81. The minimum absolute atomic E-state index is 0.357. The predicted molar refractivity (Wildman–Crippen MR) is 76.6 cm³/mol. The van der Waals surface area contributed by atoms with Crippen molar-refractivity contribution in [3.8, 4) is 11.3 Å². The van der Waals surface area contributed by atoms with Crippen molar-refractivity contribution in [1.29, 1.82) is 0 Å². The van der Waals surface area contributed by atoms with E-state index in [0.29, 0.717) is 6.54 Å². The van der Waals surface area contributed by atoms with E-state index >= 15 is 0 Å². The number of nitrogens with two attached hydrogens (primary N) is 1. The molecule has 5 nitrogen and oxygen atoms in total. The lowest BCUT2D eigenvalue weighted by Gasteiger charge is -2.10. The van der Waals surface area contributed by atoms with Gasteiger partial charge in [0.2, 0.25) is 5.91 Å². The van der Waals surface area contributed by atoms with Gasteiger partial charge in [0.05, 0.1) is 12.3 Å². The van der Waals surface area contributed by atoms with Crippen molar-refractivity contribution >= 4 is 5.91 Å². The molecule has 0 aliphatic heterocycles. The Balaban J connectivity index is 1.97. The fraction of sp³-hybridized carbons (Fsp3) is 0.200. The maximum atomic E-state index is 11.4. The second-order valence-electron chi connectivity index (χ2n) is 4.42. The van der Waals surface area contributed by atoms with E-state index in [0.717, 1.165) is 16.8 Å². The number of hydrogen-bond acceptors (Lipinski definition) is 4. The summed E-state index contributed by atoms with van der Waals surface area (Å²) in [5, 5.41) is 11.4. The lowest BCUT2D eigenvalue weighted by molar-refractivity contribution is -0.123. The van der Waals surface area contributed by atoms with Crippen LogP contribution < -0.4 is 11.1 Å². The molecule has 0 spiro atoms. The number of hydrogen-bond donors (Lipinski definition) is 3. The Morgan fingerprint density at radius 1 is 1.25 bits per heavy atom. The summed E-state index contributed by atoms with van der Waals surface area (Å²) in [5.41, 5.74) is 8.30. The lowest BCUT2D eigenvalue weighted by atomic mass is 10.1. The van der Waals surface area contributed by atoms with Crippen LogP contribution in [-0.4, -0.2) is 28.6 Å². The maximum Gasteiger partial charge on any atom is 0.239 e. The van der Waals surface area contributed by atoms with Gasteiger partial charge >= 0.3 is 0 Å². The third-order valence-corrected chi connectivity index (χ3v) is 2.91. The number of nitrogens with zero attached hydrogens (tertiary/aromatic N) is 1. The normalized spacial score (nSPS) is 11.9. The highest BCUT2D eigenvalue weighted by Gasteiger charge is 2.10. The highest BCUT2D eigenvalue weighted by Crippen LogP contribution is 2.16. The van der Waals surface area contributed by atoms with Gasteiger partial charge in [0, 0.05) is 18.3 Å². The fourth-order valence-electron chi connectivity index (χ4n) is 1.73. The minimum Gasteiger partial charge on any atom is -0.394 e. The number of aliphatic hydroxyl groups excluding tert-OH is 1. The van der Waals surface area contributed by atoms with Crippen molar-refractivity contribution in [2.45, 2.75) is 12.6 Å². The van der Waals surface area contributed by atoms with Crippen molar-refractivity contribution in [3.05, 3.63) is 54.2 Å². The average molecular weight is 271 g/mol. The van der Waals surface area contributed by atoms with E-state index in [-0.39, 0.29) is 12.5 Å². The van der Waals surface area contributed by atoms with Crippen LogP contribution in [0.25, 0.3) is 11.3 Å². The van der Waals surface area contributed by atoms with Gasteiger partial charge in [-0.05, 0) is 17.7 Å². The van der Waals surface area contributed by atoms with Gasteiger partial charge in [0.15, 0.2) is 0 Å². The molecule has 0 bridgehead atoms. The standard InChI is InChI=1S/C15H17N3O2/c16-13(10-19)15(20)18-9-11-4-6-12(7-5-11)14-3-1-2-8-17-14/h1-8,13,19H,9-10,16H2,(H,18,20). The second-order valence-corrected chi connectivity index (χ2v) is 4.42. The molecule has 5 heteroatoms. The smallest absolute Gasteiger partial charge is 0.239 e. The first-order valence-corrected chi connectivity index (χ1v) is 6.35. The number of pyridine rings is 1. The van der Waals surface area contributed by atoms with Crippen LogP contribution >= 0.6 is 0 Å². The number of amides is 1. The van der Waals surface area contributed by atoms with Crippen molar-refractivity contribution in [3.63, 3.8) is 0 Å². The summed E-state index contributed by atoms with van der Waals surface area (Å²) in [7, 11) is 0. The van der Waals surface area contributed by atoms with Gasteiger partial charge < -0.3 is 16.2 Å². The molecule has 1 heterocycles. The van der Waals surface area contributed by atoms with Crippen LogP contribution in [0.4, 0.5) is 0 Å². The molecule has 0 saturated carbocycles. The first-order valence-electron chi connectivity index (χ1n) is 6.35. The predicted octanol–water partition coefficient (Wildman–Crippen LogP) is 0.684. The molecule has 1 unspecified atom stereocenters. The highest BCUT2D eigenvalue weighted by atomic mass is 16.3. The Morgan fingerprint density at radius 2 is 2.00 bits per heavy atom. The molecule has 0 aliphatic rings. The number of nitrogens with one attached hydrogen (secondary N) is 1. The van der Waals surface area contributed by atoms with E-state index < -0.39 is 6.04 Å². The van der Waals surface area contributed by atoms with E-state index in [1.54, 1.807) is 6.20 Å². The summed E-state index contributed by atoms with van der Waals surface area (Å²) in [6, 6.07) is 12.6. The van der Waals surface area contributed by atoms with Crippen LogP contribution in [0.15, 0.2) is 48.7 Å². The van der Waals surface area contributed by atoms with E-state index in [1.807, 2.05) is 42.5 Å². The van der Waals surface area contributed by atoms with Crippen molar-refractivity contribution < 1.29 is 9.90 Å². The number of aromatic nitrogens is 1. The summed E-state index contributed by atoms with van der Waals surface area (Å²) in [6.45, 7) is 0.0273. The Kier molecular flexibility index (Phi) is 4.81. The minimum atomic E-state index is -0.872. The number of aliphatic hydroxyl groups is 1. The maximum absolute atomic E-state index is 11.4. The molecule has 2 rings (SSSR count). The van der Waals surface area contributed by atoms with Crippen LogP contribution in [-0.2, 0) is 11.3 Å². The molecular formula is C15H17N3O2. The third kappa shape index (κ3) is 3.63. The average Bonchev–Trinajstić information content (AvgIpc) is 2.53. The number of rotatable bonds is 5. The first kappa shape index (κ1) is 14.2. The molecule has 0 aliphatic carbocycles. The molecule has 0 saturated heterocycles. The Bertz CT molecular complexity index is 555. The Hall–Kier alpha value is -2.24. The number of carbonyl (C=O) groups excluding carboxylic acids is 1. The van der Waals surface area contributed by atoms with Crippen LogP contribution in [0.5, 0.6) is 0 Å². The molecule has 104 valence electrons. The van der Waals surface area contributed by atoms with Crippen LogP contribution in [0, 0.1) is 0 Å². The van der Waals surface area contributed by atoms with Gasteiger partial charge in [0.1, 0.15) is 6.04 Å². The first-order chi connectivity index (χ1) is 9.70. The molecular weight excluding hydrogens is 254 g/mol. The van der Waals surface area contributed by atoms with Gasteiger partial charge in [-0.2, -0.15) is 0 Å². The van der Waals surface area contributed by atoms with Crippen LogP contribution in [0.1, 0.15) is 5.56 Å². The van der Waals surface area contributed by atoms with E-state index in [9.17, 15) is 4.79 Å². The Morgan fingerprint density at radius 3 is 2.60 bits per heavy atom. The molecule has 1 aromatic heterocycles. The Labute approximate surface area is 117 Å². The zero-order valence-corrected chi connectivity index (χ0v) is 11.0. The largest absolute Gasteiger partial charge is 0.394 e. The van der Waals surface area contributed by atoms with Gasteiger partial charge in [-0.25, -0.2) is 0 Å². The molecule has 4 N–H and O–H groups in total. The molecule has 1 amide bonds. The zero-order chi connectivity index (χ0) is 14.4. The quantitative estimate of drug-likeness (QED) is 0.746. The fourth-order valence-corrected chi connectivity index (χ4v) is 1.73. The van der Waals surface area contributed by atoms with E-state index in [4.69, 9.17) is 10.8 Å². The van der Waals surface area contributed by atoms with Crippen molar-refractivity contribution in [1.82, 2.24) is 10.3 Å². The monoisotopic (exact) mass is 271 g/mol. The SMILES string of the molecule is NC(CO)C(=O)NCc1ccc(-c2ccccn2)cc1. The second kappa shape index (κ2) is 6.79. The summed E-state index contributed by atoms with van der Waals surface area (Å²) < 4.78 is 0. The molecule has 1 atom stereocenters.